The van der Waals surface area contributed by atoms with Crippen LogP contribution >= 0.6 is 0 Å². The van der Waals surface area contributed by atoms with Crippen molar-refractivity contribution in [3.8, 4) is 5.88 Å². The quantitative estimate of drug-likeness (QED) is 0.843. The van der Waals surface area contributed by atoms with E-state index in [-0.39, 0.29) is 10.9 Å². The van der Waals surface area contributed by atoms with Crippen LogP contribution in [0.4, 0.5) is 5.69 Å². The molecule has 1 aromatic heterocycles. The zero-order valence-corrected chi connectivity index (χ0v) is 11.3. The summed E-state index contributed by atoms with van der Waals surface area (Å²) in [6.45, 7) is 0. The van der Waals surface area contributed by atoms with E-state index >= 15 is 0 Å². The van der Waals surface area contributed by atoms with E-state index < -0.39 is 10.0 Å². The van der Waals surface area contributed by atoms with E-state index in [1.165, 1.54) is 26.3 Å². The predicted octanol–water partition coefficient (Wildman–Crippen LogP) is 1.31. The lowest BCUT2D eigenvalue weighted by atomic mass is 10.3. The van der Waals surface area contributed by atoms with Gasteiger partial charge in [0, 0.05) is 13.1 Å². The maximum atomic E-state index is 12.3. The van der Waals surface area contributed by atoms with Crippen LogP contribution in [0.15, 0.2) is 47.5 Å². The fraction of sp³-hybridized carbons (Fsp3) is 0.167. The Bertz CT molecular complexity index is 642. The summed E-state index contributed by atoms with van der Waals surface area (Å²) in [7, 11) is -0.805. The highest BCUT2D eigenvalue weighted by atomic mass is 32.2. The molecule has 0 atom stereocenters. The van der Waals surface area contributed by atoms with Gasteiger partial charge in [-0.1, -0.05) is 18.2 Å². The number of nitrogens with zero attached hydrogens (tertiary/aromatic N) is 3. The van der Waals surface area contributed by atoms with Gasteiger partial charge in [0.25, 0.3) is 10.0 Å². The molecule has 0 amide bonds. The number of methoxy groups -OCH3 is 1. The minimum Gasteiger partial charge on any atom is -0.480 e. The van der Waals surface area contributed by atoms with Crippen LogP contribution in [0.25, 0.3) is 0 Å². The van der Waals surface area contributed by atoms with Crippen molar-refractivity contribution in [2.24, 2.45) is 0 Å². The Balaban J connectivity index is 2.36. The number of para-hydroxylation sites is 1. The molecule has 6 nitrogen and oxygen atoms in total. The second-order valence-electron chi connectivity index (χ2n) is 3.72. The second kappa shape index (κ2) is 5.23. The number of ether oxygens (including phenoxy) is 1. The van der Waals surface area contributed by atoms with Crippen molar-refractivity contribution in [1.82, 2.24) is 10.2 Å². The van der Waals surface area contributed by atoms with E-state index in [0.717, 1.165) is 4.31 Å². The van der Waals surface area contributed by atoms with Gasteiger partial charge in [0.2, 0.25) is 5.88 Å². The molecule has 7 heteroatoms. The lowest BCUT2D eigenvalue weighted by Crippen LogP contribution is -2.27. The summed E-state index contributed by atoms with van der Waals surface area (Å²) in [4.78, 5) is 0. The second-order valence-corrected chi connectivity index (χ2v) is 5.64. The van der Waals surface area contributed by atoms with E-state index in [1.807, 2.05) is 6.07 Å². The van der Waals surface area contributed by atoms with Crippen molar-refractivity contribution in [2.45, 2.75) is 5.03 Å². The van der Waals surface area contributed by atoms with E-state index in [1.54, 1.807) is 24.3 Å². The third kappa shape index (κ3) is 2.65. The number of aromatic nitrogens is 2. The van der Waals surface area contributed by atoms with Crippen molar-refractivity contribution < 1.29 is 13.2 Å². The van der Waals surface area contributed by atoms with E-state index in [0.29, 0.717) is 5.69 Å². The molecule has 0 saturated carbocycles. The Hall–Kier alpha value is -2.15. The van der Waals surface area contributed by atoms with Gasteiger partial charge in [0.15, 0.2) is 5.03 Å². The first-order chi connectivity index (χ1) is 9.05. The first-order valence-electron chi connectivity index (χ1n) is 5.47. The van der Waals surface area contributed by atoms with Gasteiger partial charge in [-0.05, 0) is 18.2 Å². The van der Waals surface area contributed by atoms with E-state index in [2.05, 4.69) is 10.2 Å². The number of anilines is 1. The molecule has 0 fully saturated rings. The topological polar surface area (TPSA) is 72.4 Å². The molecule has 1 aromatic carbocycles. The first-order valence-corrected chi connectivity index (χ1v) is 6.91. The number of hydrogen-bond acceptors (Lipinski definition) is 5. The fourth-order valence-corrected chi connectivity index (χ4v) is 2.54. The Morgan fingerprint density at radius 1 is 1.05 bits per heavy atom. The van der Waals surface area contributed by atoms with Crippen molar-refractivity contribution >= 4 is 15.7 Å². The zero-order valence-electron chi connectivity index (χ0n) is 10.5. The van der Waals surface area contributed by atoms with Crippen LogP contribution in [-0.2, 0) is 10.0 Å². The highest BCUT2D eigenvalue weighted by Gasteiger charge is 2.23. The number of sulfonamides is 1. The van der Waals surface area contributed by atoms with Crippen molar-refractivity contribution in [3.05, 3.63) is 42.5 Å². The molecule has 0 saturated heterocycles. The molecule has 2 rings (SSSR count). The molecule has 2 aromatic rings. The average molecular weight is 279 g/mol. The van der Waals surface area contributed by atoms with Gasteiger partial charge in [-0.15, -0.1) is 10.2 Å². The first kappa shape index (κ1) is 13.3. The zero-order chi connectivity index (χ0) is 13.9. The summed E-state index contributed by atoms with van der Waals surface area (Å²) < 4.78 is 30.6. The Kier molecular flexibility index (Phi) is 3.66. The Labute approximate surface area is 111 Å². The van der Waals surface area contributed by atoms with Gasteiger partial charge < -0.3 is 4.74 Å². The molecule has 1 heterocycles. The molecule has 0 aliphatic rings. The van der Waals surface area contributed by atoms with E-state index in [4.69, 9.17) is 4.74 Å². The molecule has 0 bridgehead atoms. The van der Waals surface area contributed by atoms with Crippen molar-refractivity contribution in [1.29, 1.82) is 0 Å². The van der Waals surface area contributed by atoms with Gasteiger partial charge in [0.05, 0.1) is 12.8 Å². The summed E-state index contributed by atoms with van der Waals surface area (Å²) in [5.74, 6) is 0.265. The van der Waals surface area contributed by atoms with Crippen LogP contribution in [0.1, 0.15) is 0 Å². The molecule has 0 aliphatic carbocycles. The fourth-order valence-electron chi connectivity index (χ4n) is 1.47. The average Bonchev–Trinajstić information content (AvgIpc) is 2.47. The van der Waals surface area contributed by atoms with E-state index in [9.17, 15) is 8.42 Å². The van der Waals surface area contributed by atoms with Gasteiger partial charge in [-0.3, -0.25) is 4.31 Å². The minimum absolute atomic E-state index is 0.125. The maximum Gasteiger partial charge on any atom is 0.283 e. The summed E-state index contributed by atoms with van der Waals surface area (Å²) in [6.07, 6.45) is 0. The third-order valence-corrected chi connectivity index (χ3v) is 4.25. The van der Waals surface area contributed by atoms with Crippen LogP contribution in [0.2, 0.25) is 0 Å². The van der Waals surface area contributed by atoms with Crippen LogP contribution in [0.5, 0.6) is 5.88 Å². The number of benzene rings is 1. The van der Waals surface area contributed by atoms with Gasteiger partial charge in [-0.2, -0.15) is 8.42 Å². The lowest BCUT2D eigenvalue weighted by molar-refractivity contribution is 0.389. The number of rotatable bonds is 4. The molecule has 0 N–H and O–H groups in total. The van der Waals surface area contributed by atoms with Gasteiger partial charge in [0.1, 0.15) is 0 Å². The summed E-state index contributed by atoms with van der Waals surface area (Å²) in [6, 6.07) is 11.6. The molecule has 0 aliphatic heterocycles. The summed E-state index contributed by atoms with van der Waals surface area (Å²) >= 11 is 0. The van der Waals surface area contributed by atoms with Crippen LogP contribution in [-0.4, -0.2) is 32.8 Å². The highest BCUT2D eigenvalue weighted by Crippen LogP contribution is 2.20. The monoisotopic (exact) mass is 279 g/mol. The summed E-state index contributed by atoms with van der Waals surface area (Å²) in [5.41, 5.74) is 0.556. The predicted molar refractivity (Wildman–Crippen MR) is 70.6 cm³/mol. The molecular formula is C12H13N3O3S. The molecule has 0 radical (unpaired) electrons. The highest BCUT2D eigenvalue weighted by molar-refractivity contribution is 7.92. The molecule has 19 heavy (non-hydrogen) atoms. The van der Waals surface area contributed by atoms with Crippen molar-refractivity contribution in [3.63, 3.8) is 0 Å². The molecule has 100 valence electrons. The normalized spacial score (nSPS) is 11.1. The minimum atomic E-state index is -3.71. The van der Waals surface area contributed by atoms with Crippen LogP contribution in [0, 0.1) is 0 Å². The lowest BCUT2D eigenvalue weighted by Gasteiger charge is -2.18. The smallest absolute Gasteiger partial charge is 0.283 e. The standard InChI is InChI=1S/C12H13N3O3S/c1-15(10-6-4-3-5-7-10)19(16,17)12-9-8-11(18-2)13-14-12/h3-9H,1-2H3. The van der Waals surface area contributed by atoms with Gasteiger partial charge in [-0.25, -0.2) is 0 Å². The largest absolute Gasteiger partial charge is 0.480 e. The third-order valence-electron chi connectivity index (χ3n) is 2.57. The SMILES string of the molecule is COc1ccc(S(=O)(=O)N(C)c2ccccc2)nn1. The maximum absolute atomic E-state index is 12.3. The Morgan fingerprint density at radius 2 is 1.74 bits per heavy atom. The number of hydrogen-bond donors (Lipinski definition) is 0. The van der Waals surface area contributed by atoms with Crippen molar-refractivity contribution in [2.75, 3.05) is 18.5 Å². The van der Waals surface area contributed by atoms with Gasteiger partial charge >= 0.3 is 0 Å². The molecule has 0 spiro atoms. The molecular weight excluding hydrogens is 266 g/mol. The Morgan fingerprint density at radius 3 is 2.26 bits per heavy atom. The summed E-state index contributed by atoms with van der Waals surface area (Å²) in [5, 5.41) is 7.20. The van der Waals surface area contributed by atoms with Crippen LogP contribution in [0.3, 0.4) is 0 Å². The molecule has 0 unspecified atom stereocenters. The van der Waals surface area contributed by atoms with Crippen LogP contribution < -0.4 is 9.04 Å².